The molecule has 1 amide bonds. The first kappa shape index (κ1) is 16.9. The molecule has 2 unspecified atom stereocenters. The molecule has 4 saturated carbocycles. The number of tetrazole rings is 1. The Hall–Kier alpha value is -2.25. The van der Waals surface area contributed by atoms with Gasteiger partial charge in [-0.05, 0) is 75.0 Å². The van der Waals surface area contributed by atoms with Gasteiger partial charge in [-0.1, -0.05) is 13.3 Å². The maximum Gasteiger partial charge on any atom is 0.272 e. The number of aromatic nitrogens is 6. The van der Waals surface area contributed by atoms with Gasteiger partial charge in [-0.3, -0.25) is 9.89 Å². The van der Waals surface area contributed by atoms with Gasteiger partial charge in [-0.2, -0.15) is 9.90 Å². The number of aryl methyl sites for hydroxylation is 2. The van der Waals surface area contributed by atoms with Crippen molar-refractivity contribution in [1.29, 1.82) is 0 Å². The van der Waals surface area contributed by atoms with Crippen molar-refractivity contribution in [3.63, 3.8) is 0 Å². The summed E-state index contributed by atoms with van der Waals surface area (Å²) in [6.07, 6.45) is 8.39. The molecule has 8 heteroatoms. The van der Waals surface area contributed by atoms with Crippen LogP contribution in [-0.2, 0) is 12.0 Å². The third kappa shape index (κ3) is 2.76. The van der Waals surface area contributed by atoms with Gasteiger partial charge < -0.3 is 5.32 Å². The number of hydrogen-bond donors (Lipinski definition) is 2. The minimum atomic E-state index is -0.174. The number of aromatic amines is 1. The van der Waals surface area contributed by atoms with E-state index in [1.165, 1.54) is 6.42 Å². The minimum Gasteiger partial charge on any atom is -0.345 e. The van der Waals surface area contributed by atoms with Gasteiger partial charge in [0.25, 0.3) is 5.91 Å². The summed E-state index contributed by atoms with van der Waals surface area (Å²) in [4.78, 5) is 14.8. The average molecular weight is 369 g/mol. The molecule has 0 aromatic carbocycles. The fourth-order valence-electron chi connectivity index (χ4n) is 6.26. The van der Waals surface area contributed by atoms with E-state index in [-0.39, 0.29) is 17.0 Å². The molecule has 2 aromatic heterocycles. The Bertz CT molecular complexity index is 855. The molecule has 2 aromatic rings. The van der Waals surface area contributed by atoms with Crippen molar-refractivity contribution >= 4 is 5.91 Å². The Morgan fingerprint density at radius 1 is 1.33 bits per heavy atom. The van der Waals surface area contributed by atoms with E-state index in [1.54, 1.807) is 0 Å². The van der Waals surface area contributed by atoms with Crippen molar-refractivity contribution in [2.24, 2.45) is 11.8 Å². The Kier molecular flexibility index (Phi) is 3.67. The van der Waals surface area contributed by atoms with Crippen molar-refractivity contribution in [3.05, 3.63) is 23.3 Å². The normalized spacial score (nSPS) is 34.1. The standard InChI is InChI=1S/C19H27N7O/c1-3-4-15-6-16(23-22-15)17(27)20-18-7-13-5-14(8-18)10-19(9-13,11-18)26-24-12(2)21-25-26/h6,13-14H,3-5,7-11H2,1-2H3,(H,20,27)(H,22,23). The third-order valence-corrected chi connectivity index (χ3v) is 6.73. The smallest absolute Gasteiger partial charge is 0.272 e. The highest BCUT2D eigenvalue weighted by Crippen LogP contribution is 2.60. The zero-order chi connectivity index (χ0) is 18.6. The molecule has 4 aliphatic rings. The Morgan fingerprint density at radius 3 is 2.78 bits per heavy atom. The van der Waals surface area contributed by atoms with Crippen LogP contribution < -0.4 is 5.32 Å². The maximum atomic E-state index is 12.9. The molecular weight excluding hydrogens is 342 g/mol. The summed E-state index contributed by atoms with van der Waals surface area (Å²) < 4.78 is 0. The predicted molar refractivity (Wildman–Crippen MR) is 98.0 cm³/mol. The first-order valence-electron chi connectivity index (χ1n) is 10.1. The average Bonchev–Trinajstić information content (AvgIpc) is 3.23. The van der Waals surface area contributed by atoms with Crippen molar-refractivity contribution in [1.82, 2.24) is 35.7 Å². The summed E-state index contributed by atoms with van der Waals surface area (Å²) in [5.74, 6) is 1.89. The molecule has 2 atom stereocenters. The number of nitrogens with zero attached hydrogens (tertiary/aromatic N) is 5. The molecule has 27 heavy (non-hydrogen) atoms. The van der Waals surface area contributed by atoms with E-state index in [2.05, 4.69) is 37.8 Å². The number of nitrogens with one attached hydrogen (secondary N) is 2. The first-order valence-corrected chi connectivity index (χ1v) is 10.1. The summed E-state index contributed by atoms with van der Waals surface area (Å²) in [5, 5.41) is 23.6. The van der Waals surface area contributed by atoms with Crippen LogP contribution in [0.5, 0.6) is 0 Å². The quantitative estimate of drug-likeness (QED) is 0.841. The van der Waals surface area contributed by atoms with Gasteiger partial charge in [0.1, 0.15) is 5.69 Å². The molecule has 0 radical (unpaired) electrons. The Labute approximate surface area is 158 Å². The van der Waals surface area contributed by atoms with Gasteiger partial charge >= 0.3 is 0 Å². The molecule has 8 nitrogen and oxygen atoms in total. The van der Waals surface area contributed by atoms with Crippen molar-refractivity contribution in [2.75, 3.05) is 0 Å². The lowest BCUT2D eigenvalue weighted by atomic mass is 9.50. The van der Waals surface area contributed by atoms with E-state index in [1.807, 2.05) is 17.8 Å². The van der Waals surface area contributed by atoms with Gasteiger partial charge in [0.2, 0.25) is 0 Å². The minimum absolute atomic E-state index is 0.0616. The number of carbonyl (C=O) groups is 1. The van der Waals surface area contributed by atoms with Gasteiger partial charge in [0.15, 0.2) is 5.82 Å². The Morgan fingerprint density at radius 2 is 2.11 bits per heavy atom. The van der Waals surface area contributed by atoms with Crippen LogP contribution in [0.1, 0.15) is 73.9 Å². The van der Waals surface area contributed by atoms with E-state index in [9.17, 15) is 4.79 Å². The van der Waals surface area contributed by atoms with Gasteiger partial charge in [0, 0.05) is 11.2 Å². The molecule has 0 spiro atoms. The van der Waals surface area contributed by atoms with Crippen LogP contribution in [0.3, 0.4) is 0 Å². The van der Waals surface area contributed by atoms with Gasteiger partial charge in [0.05, 0.1) is 5.54 Å². The van der Waals surface area contributed by atoms with Crippen LogP contribution in [-0.4, -0.2) is 41.9 Å². The van der Waals surface area contributed by atoms with Crippen LogP contribution in [0.25, 0.3) is 0 Å². The highest BCUT2D eigenvalue weighted by atomic mass is 16.2. The SMILES string of the molecule is CCCc1cc(C(=O)NC23CC4CC(C2)CC(n2nnc(C)n2)(C4)C3)n[nH]1. The van der Waals surface area contributed by atoms with Gasteiger partial charge in [-0.25, -0.2) is 0 Å². The summed E-state index contributed by atoms with van der Waals surface area (Å²) in [7, 11) is 0. The van der Waals surface area contributed by atoms with Crippen LogP contribution in [0.4, 0.5) is 0 Å². The molecular formula is C19H27N7O. The summed E-state index contributed by atoms with van der Waals surface area (Å²) >= 11 is 0. The summed E-state index contributed by atoms with van der Waals surface area (Å²) in [6, 6.07) is 1.89. The maximum absolute atomic E-state index is 12.9. The topological polar surface area (TPSA) is 101 Å². The predicted octanol–water partition coefficient (Wildman–Crippen LogP) is 2.14. The molecule has 0 saturated heterocycles. The molecule has 144 valence electrons. The molecule has 2 heterocycles. The molecule has 0 aliphatic heterocycles. The number of amides is 1. The zero-order valence-corrected chi connectivity index (χ0v) is 16.0. The molecule has 2 N–H and O–H groups in total. The van der Waals surface area contributed by atoms with Crippen LogP contribution in [0, 0.1) is 18.8 Å². The number of hydrogen-bond acceptors (Lipinski definition) is 5. The van der Waals surface area contributed by atoms with Crippen LogP contribution in [0.15, 0.2) is 6.07 Å². The van der Waals surface area contributed by atoms with E-state index in [4.69, 9.17) is 0 Å². The highest BCUT2D eigenvalue weighted by molar-refractivity contribution is 5.93. The lowest BCUT2D eigenvalue weighted by molar-refractivity contribution is -0.0811. The summed E-state index contributed by atoms with van der Waals surface area (Å²) in [5.41, 5.74) is 1.24. The highest BCUT2D eigenvalue weighted by Gasteiger charge is 2.60. The van der Waals surface area contributed by atoms with E-state index in [0.29, 0.717) is 23.4 Å². The van der Waals surface area contributed by atoms with E-state index >= 15 is 0 Å². The second kappa shape index (κ2) is 5.87. The monoisotopic (exact) mass is 369 g/mol. The lowest BCUT2D eigenvalue weighted by Gasteiger charge is -2.61. The fraction of sp³-hybridized carbons (Fsp3) is 0.737. The second-order valence-electron chi connectivity index (χ2n) is 9.07. The molecule has 6 rings (SSSR count). The first-order chi connectivity index (χ1) is 13.0. The molecule has 4 fully saturated rings. The fourth-order valence-corrected chi connectivity index (χ4v) is 6.26. The lowest BCUT2D eigenvalue weighted by Crippen LogP contribution is -2.66. The number of rotatable bonds is 5. The second-order valence-corrected chi connectivity index (χ2v) is 9.07. The van der Waals surface area contributed by atoms with Crippen LogP contribution in [0.2, 0.25) is 0 Å². The number of H-pyrrole nitrogens is 1. The Balaban J connectivity index is 1.41. The van der Waals surface area contributed by atoms with Crippen LogP contribution >= 0.6 is 0 Å². The largest absolute Gasteiger partial charge is 0.345 e. The van der Waals surface area contributed by atoms with Crippen molar-refractivity contribution in [3.8, 4) is 0 Å². The van der Waals surface area contributed by atoms with Crippen molar-refractivity contribution < 1.29 is 4.79 Å². The summed E-state index contributed by atoms with van der Waals surface area (Å²) in [6.45, 7) is 4.00. The van der Waals surface area contributed by atoms with E-state index < -0.39 is 0 Å². The van der Waals surface area contributed by atoms with Gasteiger partial charge in [-0.15, -0.1) is 10.2 Å². The molecule has 4 bridgehead atoms. The molecule has 4 aliphatic carbocycles. The van der Waals surface area contributed by atoms with E-state index in [0.717, 1.165) is 50.6 Å². The van der Waals surface area contributed by atoms with Crippen molar-refractivity contribution in [2.45, 2.75) is 76.3 Å². The third-order valence-electron chi connectivity index (χ3n) is 6.73. The zero-order valence-electron chi connectivity index (χ0n) is 16.0. The number of carbonyl (C=O) groups excluding carboxylic acids is 1.